The van der Waals surface area contributed by atoms with Crippen molar-refractivity contribution in [2.24, 2.45) is 0 Å². The van der Waals surface area contributed by atoms with E-state index in [9.17, 15) is 4.79 Å². The molecule has 0 saturated carbocycles. The van der Waals surface area contributed by atoms with Crippen LogP contribution in [0, 0.1) is 0 Å². The predicted octanol–water partition coefficient (Wildman–Crippen LogP) is 4.93. The van der Waals surface area contributed by atoms with Crippen molar-refractivity contribution in [3.8, 4) is 0 Å². The van der Waals surface area contributed by atoms with Crippen molar-refractivity contribution >= 4 is 22.9 Å². The fourth-order valence-electron chi connectivity index (χ4n) is 4.74. The maximum Gasteiger partial charge on any atom is 0.254 e. The maximum absolute atomic E-state index is 12.8. The average molecular weight is 436 g/mol. The molecule has 1 aliphatic carbocycles. The minimum Gasteiger partial charge on any atom is -0.467 e. The van der Waals surface area contributed by atoms with Gasteiger partial charge in [0.05, 0.1) is 29.1 Å². The van der Waals surface area contributed by atoms with Crippen LogP contribution in [0.5, 0.6) is 0 Å². The molecule has 2 aliphatic rings. The fraction of sp³-hybridized carbons (Fsp3) is 0.440. The van der Waals surface area contributed by atoms with Crippen LogP contribution >= 0.6 is 11.3 Å². The van der Waals surface area contributed by atoms with Gasteiger partial charge in [0, 0.05) is 29.6 Å². The molecule has 1 amide bonds. The number of aryl methyl sites for hydroxylation is 3. The molecule has 1 aromatic carbocycles. The Balaban J connectivity index is 1.16. The van der Waals surface area contributed by atoms with Crippen molar-refractivity contribution in [1.29, 1.82) is 0 Å². The van der Waals surface area contributed by atoms with Gasteiger partial charge in [0.15, 0.2) is 0 Å². The first-order valence-corrected chi connectivity index (χ1v) is 12.2. The summed E-state index contributed by atoms with van der Waals surface area (Å²) in [6.45, 7) is 3.48. The number of aromatic nitrogens is 1. The van der Waals surface area contributed by atoms with Crippen molar-refractivity contribution in [1.82, 2.24) is 10.3 Å². The van der Waals surface area contributed by atoms with E-state index in [-0.39, 0.29) is 5.91 Å². The van der Waals surface area contributed by atoms with Crippen LogP contribution in [0.4, 0.5) is 5.69 Å². The summed E-state index contributed by atoms with van der Waals surface area (Å²) in [5, 5.41) is 4.29. The normalized spacial score (nSPS) is 17.5. The van der Waals surface area contributed by atoms with Gasteiger partial charge in [0.1, 0.15) is 5.76 Å². The third kappa shape index (κ3) is 4.26. The van der Waals surface area contributed by atoms with E-state index < -0.39 is 0 Å². The highest BCUT2D eigenvalue weighted by Crippen LogP contribution is 2.33. The average Bonchev–Trinajstić information content (AvgIpc) is 3.48. The molecule has 1 aliphatic heterocycles. The van der Waals surface area contributed by atoms with E-state index >= 15 is 0 Å². The molecule has 0 radical (unpaired) electrons. The number of thiazole rings is 1. The zero-order valence-corrected chi connectivity index (χ0v) is 18.8. The van der Waals surface area contributed by atoms with Crippen LogP contribution in [0.1, 0.15) is 63.4 Å². The monoisotopic (exact) mass is 435 g/mol. The SMILES string of the molecule is CC1Cc2ccccc2N1Cc1occc1C(=O)NCCCc1nc2c(s1)CCCC2. The third-order valence-electron chi connectivity index (χ3n) is 6.40. The molecule has 0 fully saturated rings. The Labute approximate surface area is 187 Å². The van der Waals surface area contributed by atoms with Crippen LogP contribution in [-0.4, -0.2) is 23.5 Å². The number of fused-ring (bicyclic) bond motifs is 2. The molecule has 1 N–H and O–H groups in total. The van der Waals surface area contributed by atoms with Crippen molar-refractivity contribution in [2.45, 2.75) is 64.5 Å². The van der Waals surface area contributed by atoms with E-state index in [0.29, 0.717) is 24.7 Å². The van der Waals surface area contributed by atoms with Gasteiger partial charge in [-0.15, -0.1) is 11.3 Å². The molecule has 0 saturated heterocycles. The summed E-state index contributed by atoms with van der Waals surface area (Å²) in [6, 6.07) is 10.7. The summed E-state index contributed by atoms with van der Waals surface area (Å²) in [7, 11) is 0. The van der Waals surface area contributed by atoms with E-state index in [1.807, 2.05) is 11.3 Å². The highest BCUT2D eigenvalue weighted by molar-refractivity contribution is 7.11. The Bertz CT molecular complexity index is 1050. The van der Waals surface area contributed by atoms with E-state index in [4.69, 9.17) is 9.40 Å². The number of nitrogens with zero attached hydrogens (tertiary/aromatic N) is 2. The molecule has 0 bridgehead atoms. The largest absolute Gasteiger partial charge is 0.467 e. The second-order valence-electron chi connectivity index (χ2n) is 8.61. The summed E-state index contributed by atoms with van der Waals surface area (Å²) in [4.78, 5) is 21.4. The van der Waals surface area contributed by atoms with E-state index in [1.165, 1.54) is 46.1 Å². The van der Waals surface area contributed by atoms with Gasteiger partial charge in [-0.1, -0.05) is 18.2 Å². The summed E-state index contributed by atoms with van der Waals surface area (Å²) in [5.74, 6) is 0.677. The van der Waals surface area contributed by atoms with Crippen molar-refractivity contribution < 1.29 is 9.21 Å². The number of hydrogen-bond acceptors (Lipinski definition) is 5. The molecule has 1 atom stereocenters. The molecule has 3 aromatic rings. The van der Waals surface area contributed by atoms with Gasteiger partial charge in [-0.05, 0) is 63.1 Å². The third-order valence-corrected chi connectivity index (χ3v) is 7.61. The number of rotatable bonds is 7. The number of carbonyl (C=O) groups is 1. The number of hydrogen-bond donors (Lipinski definition) is 1. The van der Waals surface area contributed by atoms with Crippen LogP contribution < -0.4 is 10.2 Å². The Morgan fingerprint density at radius 2 is 2.13 bits per heavy atom. The topological polar surface area (TPSA) is 58.4 Å². The molecule has 3 heterocycles. The van der Waals surface area contributed by atoms with Gasteiger partial charge in [-0.2, -0.15) is 0 Å². The molecule has 162 valence electrons. The maximum atomic E-state index is 12.8. The van der Waals surface area contributed by atoms with Crippen molar-refractivity contribution in [3.63, 3.8) is 0 Å². The first-order valence-electron chi connectivity index (χ1n) is 11.4. The Morgan fingerprint density at radius 1 is 1.26 bits per heavy atom. The summed E-state index contributed by atoms with van der Waals surface area (Å²) in [5.41, 5.74) is 4.55. The van der Waals surface area contributed by atoms with Crippen LogP contribution in [0.15, 0.2) is 41.0 Å². The Morgan fingerprint density at radius 3 is 3.03 bits per heavy atom. The van der Waals surface area contributed by atoms with Gasteiger partial charge in [0.2, 0.25) is 0 Å². The number of para-hydroxylation sites is 1. The number of amides is 1. The lowest BCUT2D eigenvalue weighted by Gasteiger charge is -2.24. The number of anilines is 1. The highest BCUT2D eigenvalue weighted by Gasteiger charge is 2.28. The quantitative estimate of drug-likeness (QED) is 0.535. The molecule has 0 spiro atoms. The number of nitrogens with one attached hydrogen (secondary N) is 1. The predicted molar refractivity (Wildman–Crippen MR) is 124 cm³/mol. The number of carbonyl (C=O) groups excluding carboxylic acids is 1. The van der Waals surface area contributed by atoms with Gasteiger partial charge in [0.25, 0.3) is 5.91 Å². The zero-order valence-electron chi connectivity index (χ0n) is 18.0. The first-order chi connectivity index (χ1) is 15.2. The van der Waals surface area contributed by atoms with Crippen LogP contribution in [0.25, 0.3) is 0 Å². The second kappa shape index (κ2) is 8.87. The molecular formula is C25H29N3O2S. The summed E-state index contributed by atoms with van der Waals surface area (Å²) < 4.78 is 5.72. The molecule has 1 unspecified atom stereocenters. The smallest absolute Gasteiger partial charge is 0.254 e. The lowest BCUT2D eigenvalue weighted by Crippen LogP contribution is -2.30. The molecule has 2 aromatic heterocycles. The molecular weight excluding hydrogens is 406 g/mol. The summed E-state index contributed by atoms with van der Waals surface area (Å²) >= 11 is 1.86. The van der Waals surface area contributed by atoms with E-state index in [1.54, 1.807) is 12.3 Å². The number of furan rings is 1. The number of benzene rings is 1. The summed E-state index contributed by atoms with van der Waals surface area (Å²) in [6.07, 6.45) is 9.36. The first kappa shape index (κ1) is 20.3. The van der Waals surface area contributed by atoms with E-state index in [2.05, 4.69) is 41.4 Å². The van der Waals surface area contributed by atoms with Crippen LogP contribution in [-0.2, 0) is 32.2 Å². The Kier molecular flexibility index (Phi) is 5.81. The highest BCUT2D eigenvalue weighted by atomic mass is 32.1. The fourth-order valence-corrected chi connectivity index (χ4v) is 5.94. The standard InChI is InChI=1S/C25H29N3O2S/c1-17-15-18-7-2-4-9-21(18)28(17)16-22-19(12-14-30-22)25(29)26-13-6-11-24-27-20-8-3-5-10-23(20)31-24/h2,4,7,9,12,14,17H,3,5-6,8,10-11,13,15-16H2,1H3,(H,26,29). The molecule has 31 heavy (non-hydrogen) atoms. The van der Waals surface area contributed by atoms with E-state index in [0.717, 1.165) is 31.4 Å². The molecule has 5 rings (SSSR count). The van der Waals surface area contributed by atoms with Crippen molar-refractivity contribution in [3.05, 3.63) is 69.1 Å². The lowest BCUT2D eigenvalue weighted by molar-refractivity contribution is 0.0951. The van der Waals surface area contributed by atoms with Gasteiger partial charge < -0.3 is 14.6 Å². The zero-order chi connectivity index (χ0) is 21.2. The van der Waals surface area contributed by atoms with Gasteiger partial charge in [-0.3, -0.25) is 4.79 Å². The minimum atomic E-state index is -0.0534. The minimum absolute atomic E-state index is 0.0534. The molecule has 6 heteroatoms. The van der Waals surface area contributed by atoms with Crippen LogP contribution in [0.3, 0.4) is 0 Å². The second-order valence-corrected chi connectivity index (χ2v) is 9.78. The van der Waals surface area contributed by atoms with Crippen LogP contribution in [0.2, 0.25) is 0 Å². The van der Waals surface area contributed by atoms with Crippen molar-refractivity contribution in [2.75, 3.05) is 11.4 Å². The van der Waals surface area contributed by atoms with Gasteiger partial charge >= 0.3 is 0 Å². The van der Waals surface area contributed by atoms with Gasteiger partial charge in [-0.25, -0.2) is 4.98 Å². The lowest BCUT2D eigenvalue weighted by atomic mass is 10.0. The molecule has 5 nitrogen and oxygen atoms in total. The Hall–Kier alpha value is -2.60.